The maximum absolute atomic E-state index is 11.3. The molecule has 1 amide bonds. The van der Waals surface area contributed by atoms with Gasteiger partial charge in [0.25, 0.3) is 5.69 Å². The van der Waals surface area contributed by atoms with Gasteiger partial charge in [-0.25, -0.2) is 0 Å². The van der Waals surface area contributed by atoms with Gasteiger partial charge in [0.2, 0.25) is 5.91 Å². The van der Waals surface area contributed by atoms with Crippen LogP contribution in [0.3, 0.4) is 0 Å². The lowest BCUT2D eigenvalue weighted by Crippen LogP contribution is -2.33. The second-order valence-corrected chi connectivity index (χ2v) is 3.66. The van der Waals surface area contributed by atoms with Crippen molar-refractivity contribution >= 4 is 23.3 Å². The van der Waals surface area contributed by atoms with Gasteiger partial charge in [-0.2, -0.15) is 0 Å². The zero-order chi connectivity index (χ0) is 15.1. The molecule has 0 radical (unpaired) electrons. The van der Waals surface area contributed by atoms with E-state index in [-0.39, 0.29) is 17.9 Å². The van der Waals surface area contributed by atoms with Crippen molar-refractivity contribution in [2.24, 2.45) is 0 Å². The van der Waals surface area contributed by atoms with Crippen LogP contribution in [0.15, 0.2) is 18.2 Å². The van der Waals surface area contributed by atoms with Crippen LogP contribution < -0.4 is 15.4 Å². The molecule has 0 aliphatic rings. The summed E-state index contributed by atoms with van der Waals surface area (Å²) in [6.45, 7) is -0.786. The molecule has 1 rings (SSSR count). The molecular formula is C11H13N3O6. The van der Waals surface area contributed by atoms with Crippen LogP contribution in [0.25, 0.3) is 0 Å². The van der Waals surface area contributed by atoms with Crippen LogP contribution in [0, 0.1) is 10.1 Å². The summed E-state index contributed by atoms with van der Waals surface area (Å²) < 4.78 is 4.87. The third kappa shape index (κ3) is 4.44. The molecule has 0 heterocycles. The molecule has 0 aliphatic carbocycles. The number of hydrogen-bond acceptors (Lipinski definition) is 6. The number of anilines is 1. The largest absolute Gasteiger partial charge is 0.496 e. The molecule has 0 spiro atoms. The van der Waals surface area contributed by atoms with Gasteiger partial charge in [0, 0.05) is 0 Å². The Bertz CT molecular complexity index is 531. The number of nitro benzene ring substituents is 1. The summed E-state index contributed by atoms with van der Waals surface area (Å²) >= 11 is 0. The third-order valence-corrected chi connectivity index (χ3v) is 2.28. The number of benzene rings is 1. The Morgan fingerprint density at radius 3 is 2.65 bits per heavy atom. The van der Waals surface area contributed by atoms with Crippen LogP contribution >= 0.6 is 0 Å². The van der Waals surface area contributed by atoms with E-state index in [0.717, 1.165) is 0 Å². The van der Waals surface area contributed by atoms with Crippen LogP contribution in [-0.4, -0.2) is 42.1 Å². The van der Waals surface area contributed by atoms with Crippen molar-refractivity contribution in [3.63, 3.8) is 0 Å². The Morgan fingerprint density at radius 2 is 2.10 bits per heavy atom. The molecule has 0 aromatic heterocycles. The van der Waals surface area contributed by atoms with Crippen molar-refractivity contribution in [1.82, 2.24) is 5.32 Å². The van der Waals surface area contributed by atoms with Crippen LogP contribution in [0.1, 0.15) is 0 Å². The number of ether oxygens (including phenoxy) is 1. The number of amides is 1. The van der Waals surface area contributed by atoms with E-state index in [1.165, 1.54) is 25.3 Å². The summed E-state index contributed by atoms with van der Waals surface area (Å²) in [5.74, 6) is -1.44. The van der Waals surface area contributed by atoms with Gasteiger partial charge < -0.3 is 20.5 Å². The van der Waals surface area contributed by atoms with E-state index < -0.39 is 23.3 Å². The van der Waals surface area contributed by atoms with E-state index in [4.69, 9.17) is 9.84 Å². The highest BCUT2D eigenvalue weighted by molar-refractivity contribution is 5.85. The fraction of sp³-hybridized carbons (Fsp3) is 0.273. The molecule has 0 saturated heterocycles. The highest BCUT2D eigenvalue weighted by Crippen LogP contribution is 2.28. The first kappa shape index (κ1) is 15.2. The number of carboxylic acid groups (broad SMARTS) is 1. The Morgan fingerprint density at radius 1 is 1.40 bits per heavy atom. The molecule has 0 atom stereocenters. The van der Waals surface area contributed by atoms with E-state index in [0.29, 0.717) is 5.75 Å². The number of nitrogens with one attached hydrogen (secondary N) is 2. The number of nitrogens with zero attached hydrogens (tertiary/aromatic N) is 1. The molecule has 1 aromatic rings. The van der Waals surface area contributed by atoms with Crippen LogP contribution in [0.4, 0.5) is 11.4 Å². The molecule has 0 fully saturated rings. The highest BCUT2D eigenvalue weighted by atomic mass is 16.6. The molecule has 108 valence electrons. The second-order valence-electron chi connectivity index (χ2n) is 3.66. The van der Waals surface area contributed by atoms with E-state index in [9.17, 15) is 19.7 Å². The van der Waals surface area contributed by atoms with Crippen LogP contribution in [0.5, 0.6) is 5.75 Å². The predicted molar refractivity (Wildman–Crippen MR) is 68.8 cm³/mol. The highest BCUT2D eigenvalue weighted by Gasteiger charge is 2.15. The first-order valence-electron chi connectivity index (χ1n) is 5.49. The molecule has 9 heteroatoms. The summed E-state index contributed by atoms with van der Waals surface area (Å²) in [4.78, 5) is 31.8. The summed E-state index contributed by atoms with van der Waals surface area (Å²) in [5.41, 5.74) is -0.100. The lowest BCUT2D eigenvalue weighted by Gasteiger charge is -2.08. The lowest BCUT2D eigenvalue weighted by atomic mass is 10.2. The molecule has 1 aromatic carbocycles. The molecule has 3 N–H and O–H groups in total. The Kier molecular flexibility index (Phi) is 5.27. The first-order valence-corrected chi connectivity index (χ1v) is 5.49. The summed E-state index contributed by atoms with van der Waals surface area (Å²) in [6, 6.07) is 4.13. The van der Waals surface area contributed by atoms with Gasteiger partial charge in [0.1, 0.15) is 18.0 Å². The average molecular weight is 283 g/mol. The Hall–Kier alpha value is -2.84. The Balaban J connectivity index is 2.70. The SMILES string of the molecule is COc1ccc(NCC(=O)NCC(=O)O)c([N+](=O)[O-])c1. The molecule has 0 saturated carbocycles. The lowest BCUT2D eigenvalue weighted by molar-refractivity contribution is -0.384. The molecule has 0 unspecified atom stereocenters. The smallest absolute Gasteiger partial charge is 0.322 e. The molecule has 0 aliphatic heterocycles. The van der Waals surface area contributed by atoms with Crippen molar-refractivity contribution in [3.8, 4) is 5.75 Å². The van der Waals surface area contributed by atoms with Crippen molar-refractivity contribution in [1.29, 1.82) is 0 Å². The van der Waals surface area contributed by atoms with E-state index >= 15 is 0 Å². The zero-order valence-corrected chi connectivity index (χ0v) is 10.6. The number of hydrogen-bond donors (Lipinski definition) is 3. The average Bonchev–Trinajstić information content (AvgIpc) is 2.42. The Labute approximate surface area is 113 Å². The fourth-order valence-electron chi connectivity index (χ4n) is 1.35. The topological polar surface area (TPSA) is 131 Å². The van der Waals surface area contributed by atoms with Gasteiger partial charge >= 0.3 is 5.97 Å². The number of carboxylic acids is 1. The van der Waals surface area contributed by atoms with E-state index in [1.807, 2.05) is 0 Å². The van der Waals surface area contributed by atoms with Crippen molar-refractivity contribution in [2.45, 2.75) is 0 Å². The monoisotopic (exact) mass is 283 g/mol. The molecule has 9 nitrogen and oxygen atoms in total. The standard InChI is InChI=1S/C11H13N3O6/c1-20-7-2-3-8(9(4-7)14(18)19)12-5-10(15)13-6-11(16)17/h2-4,12H,5-6H2,1H3,(H,13,15)(H,16,17). The van der Waals surface area contributed by atoms with Gasteiger partial charge in [0.05, 0.1) is 24.6 Å². The summed E-state index contributed by atoms with van der Waals surface area (Å²) in [5, 5.41) is 24.0. The van der Waals surface area contributed by atoms with Crippen LogP contribution in [-0.2, 0) is 9.59 Å². The van der Waals surface area contributed by atoms with Gasteiger partial charge in [-0.05, 0) is 12.1 Å². The number of carbonyl (C=O) groups is 2. The van der Waals surface area contributed by atoms with Gasteiger partial charge in [-0.1, -0.05) is 0 Å². The van der Waals surface area contributed by atoms with Gasteiger partial charge in [-0.3, -0.25) is 19.7 Å². The van der Waals surface area contributed by atoms with E-state index in [1.54, 1.807) is 0 Å². The summed E-state index contributed by atoms with van der Waals surface area (Å²) in [6.07, 6.45) is 0. The van der Waals surface area contributed by atoms with Crippen molar-refractivity contribution < 1.29 is 24.4 Å². The minimum absolute atomic E-state index is 0.140. The van der Waals surface area contributed by atoms with Gasteiger partial charge in [0.15, 0.2) is 0 Å². The normalized spacial score (nSPS) is 9.65. The minimum atomic E-state index is -1.17. The van der Waals surface area contributed by atoms with Gasteiger partial charge in [-0.15, -0.1) is 0 Å². The van der Waals surface area contributed by atoms with E-state index in [2.05, 4.69) is 10.6 Å². The predicted octanol–water partition coefficient (Wildman–Crippen LogP) is 0.216. The number of carbonyl (C=O) groups excluding carboxylic acids is 1. The maximum Gasteiger partial charge on any atom is 0.322 e. The van der Waals surface area contributed by atoms with Crippen molar-refractivity contribution in [2.75, 3.05) is 25.5 Å². The van der Waals surface area contributed by atoms with Crippen molar-refractivity contribution in [3.05, 3.63) is 28.3 Å². The first-order chi connectivity index (χ1) is 9.43. The summed E-state index contributed by atoms with van der Waals surface area (Å²) in [7, 11) is 1.38. The number of rotatable bonds is 7. The third-order valence-electron chi connectivity index (χ3n) is 2.28. The molecule has 0 bridgehead atoms. The minimum Gasteiger partial charge on any atom is -0.496 e. The zero-order valence-electron chi connectivity index (χ0n) is 10.6. The molecular weight excluding hydrogens is 270 g/mol. The number of aliphatic carboxylic acids is 1. The maximum atomic E-state index is 11.3. The second kappa shape index (κ2) is 6.92. The molecule has 20 heavy (non-hydrogen) atoms. The number of nitro groups is 1. The van der Waals surface area contributed by atoms with Crippen LogP contribution in [0.2, 0.25) is 0 Å². The quantitative estimate of drug-likeness (QED) is 0.481. The number of methoxy groups -OCH3 is 1. The fourth-order valence-corrected chi connectivity index (χ4v) is 1.35.